The van der Waals surface area contributed by atoms with Gasteiger partial charge in [0.2, 0.25) is 5.91 Å². The van der Waals surface area contributed by atoms with Crippen molar-refractivity contribution in [3.8, 4) is 0 Å². The van der Waals surface area contributed by atoms with Gasteiger partial charge >= 0.3 is 0 Å². The Labute approximate surface area is 139 Å². The van der Waals surface area contributed by atoms with E-state index in [-0.39, 0.29) is 5.91 Å². The van der Waals surface area contributed by atoms with Gasteiger partial charge in [-0.2, -0.15) is 0 Å². The first-order valence-corrected chi connectivity index (χ1v) is 8.80. The Kier molecular flexibility index (Phi) is 5.65. The minimum Gasteiger partial charge on any atom is -0.325 e. The number of nitrogens with zero attached hydrogens (tertiary/aromatic N) is 2. The average Bonchev–Trinajstić information content (AvgIpc) is 3.10. The van der Waals surface area contributed by atoms with Gasteiger partial charge < -0.3 is 10.6 Å². The molecule has 126 valence electrons. The third-order valence-corrected chi connectivity index (χ3v) is 4.94. The number of benzene rings is 1. The second kappa shape index (κ2) is 7.90. The predicted molar refractivity (Wildman–Crippen MR) is 93.7 cm³/mol. The number of nitrogens with one attached hydrogen (secondary N) is 2. The molecule has 1 atom stereocenters. The standard InChI is InChI=1S/C18H28N4O/c1-2-15-4-3-5-16(12-15)20-18(23)14-21-8-10-22(11-9-21)17-6-7-19-13-17/h3-5,12,17,19H,2,6-11,13-14H2,1H3,(H,20,23). The van der Waals surface area contributed by atoms with E-state index < -0.39 is 0 Å². The van der Waals surface area contributed by atoms with Crippen molar-refractivity contribution < 1.29 is 4.79 Å². The maximum Gasteiger partial charge on any atom is 0.238 e. The summed E-state index contributed by atoms with van der Waals surface area (Å²) in [6.07, 6.45) is 2.25. The van der Waals surface area contributed by atoms with Crippen molar-refractivity contribution in [1.82, 2.24) is 15.1 Å². The monoisotopic (exact) mass is 316 g/mol. The Morgan fingerprint density at radius 1 is 1.30 bits per heavy atom. The first-order chi connectivity index (χ1) is 11.2. The van der Waals surface area contributed by atoms with E-state index in [2.05, 4.69) is 39.5 Å². The van der Waals surface area contributed by atoms with E-state index in [1.54, 1.807) is 0 Å². The SMILES string of the molecule is CCc1cccc(NC(=O)CN2CCN(C3CCNC3)CC2)c1. The minimum absolute atomic E-state index is 0.0919. The van der Waals surface area contributed by atoms with Gasteiger partial charge in [0.25, 0.3) is 0 Å². The molecule has 0 radical (unpaired) electrons. The van der Waals surface area contributed by atoms with Crippen LogP contribution >= 0.6 is 0 Å². The quantitative estimate of drug-likeness (QED) is 0.856. The molecule has 2 aliphatic heterocycles. The Bertz CT molecular complexity index is 520. The summed E-state index contributed by atoms with van der Waals surface area (Å²) in [7, 11) is 0. The van der Waals surface area contributed by atoms with Crippen LogP contribution in [0.3, 0.4) is 0 Å². The van der Waals surface area contributed by atoms with E-state index in [1.165, 1.54) is 12.0 Å². The Hall–Kier alpha value is -1.43. The maximum atomic E-state index is 12.2. The maximum absolute atomic E-state index is 12.2. The average molecular weight is 316 g/mol. The highest BCUT2D eigenvalue weighted by Gasteiger charge is 2.26. The summed E-state index contributed by atoms with van der Waals surface area (Å²) >= 11 is 0. The molecule has 1 unspecified atom stereocenters. The Morgan fingerprint density at radius 3 is 2.83 bits per heavy atom. The van der Waals surface area contributed by atoms with Gasteiger partial charge in [0, 0.05) is 44.5 Å². The molecule has 23 heavy (non-hydrogen) atoms. The fourth-order valence-corrected chi connectivity index (χ4v) is 3.51. The zero-order valence-corrected chi connectivity index (χ0v) is 14.1. The van der Waals surface area contributed by atoms with Crippen LogP contribution in [-0.2, 0) is 11.2 Å². The molecule has 5 heteroatoms. The first kappa shape index (κ1) is 16.4. The number of anilines is 1. The number of hydrogen-bond acceptors (Lipinski definition) is 4. The third-order valence-electron chi connectivity index (χ3n) is 4.94. The molecule has 0 saturated carbocycles. The summed E-state index contributed by atoms with van der Waals surface area (Å²) < 4.78 is 0. The number of hydrogen-bond donors (Lipinski definition) is 2. The molecule has 1 aromatic carbocycles. The lowest BCUT2D eigenvalue weighted by Crippen LogP contribution is -2.52. The van der Waals surface area contributed by atoms with Crippen LogP contribution in [0.2, 0.25) is 0 Å². The number of amides is 1. The van der Waals surface area contributed by atoms with E-state index >= 15 is 0 Å². The second-order valence-corrected chi connectivity index (χ2v) is 6.56. The number of rotatable bonds is 5. The predicted octanol–water partition coefficient (Wildman–Crippen LogP) is 1.17. The number of carbonyl (C=O) groups is 1. The van der Waals surface area contributed by atoms with Crippen LogP contribution in [0.25, 0.3) is 0 Å². The molecule has 0 aromatic heterocycles. The van der Waals surface area contributed by atoms with Gasteiger partial charge in [-0.15, -0.1) is 0 Å². The molecular formula is C18H28N4O. The van der Waals surface area contributed by atoms with Crippen LogP contribution in [0.4, 0.5) is 5.69 Å². The van der Waals surface area contributed by atoms with E-state index in [0.29, 0.717) is 12.6 Å². The van der Waals surface area contributed by atoms with Crippen molar-refractivity contribution in [3.63, 3.8) is 0 Å². The molecule has 2 aliphatic rings. The summed E-state index contributed by atoms with van der Waals surface area (Å²) in [5, 5.41) is 6.46. The fourth-order valence-electron chi connectivity index (χ4n) is 3.51. The fraction of sp³-hybridized carbons (Fsp3) is 0.611. The summed E-state index contributed by atoms with van der Waals surface area (Å²) in [4.78, 5) is 17.1. The Balaban J connectivity index is 1.43. The van der Waals surface area contributed by atoms with Crippen LogP contribution in [0.1, 0.15) is 18.9 Å². The highest BCUT2D eigenvalue weighted by atomic mass is 16.2. The van der Waals surface area contributed by atoms with Crippen LogP contribution in [0, 0.1) is 0 Å². The van der Waals surface area contributed by atoms with Gasteiger partial charge in [0.15, 0.2) is 0 Å². The first-order valence-electron chi connectivity index (χ1n) is 8.80. The number of carbonyl (C=O) groups excluding carboxylic acids is 1. The van der Waals surface area contributed by atoms with Gasteiger partial charge in [-0.05, 0) is 37.1 Å². The lowest BCUT2D eigenvalue weighted by molar-refractivity contribution is -0.117. The zero-order chi connectivity index (χ0) is 16.1. The number of aryl methyl sites for hydroxylation is 1. The lowest BCUT2D eigenvalue weighted by atomic mass is 10.1. The zero-order valence-electron chi connectivity index (χ0n) is 14.1. The molecule has 2 fully saturated rings. The minimum atomic E-state index is 0.0919. The molecule has 0 spiro atoms. The topological polar surface area (TPSA) is 47.6 Å². The molecule has 1 amide bonds. The summed E-state index contributed by atoms with van der Waals surface area (Å²) in [5.74, 6) is 0.0919. The third kappa shape index (κ3) is 4.53. The molecule has 0 bridgehead atoms. The summed E-state index contributed by atoms with van der Waals surface area (Å²) in [6.45, 7) is 9.00. The molecule has 5 nitrogen and oxygen atoms in total. The van der Waals surface area contributed by atoms with E-state index in [0.717, 1.165) is 51.4 Å². The summed E-state index contributed by atoms with van der Waals surface area (Å²) in [5.41, 5.74) is 2.16. The van der Waals surface area contributed by atoms with Crippen LogP contribution in [0.5, 0.6) is 0 Å². The molecule has 2 saturated heterocycles. The van der Waals surface area contributed by atoms with E-state index in [9.17, 15) is 4.79 Å². The van der Waals surface area contributed by atoms with Gasteiger partial charge in [-0.1, -0.05) is 19.1 Å². The van der Waals surface area contributed by atoms with E-state index in [1.807, 2.05) is 12.1 Å². The van der Waals surface area contributed by atoms with Crippen molar-refractivity contribution in [3.05, 3.63) is 29.8 Å². The van der Waals surface area contributed by atoms with Gasteiger partial charge in [0.05, 0.1) is 6.54 Å². The van der Waals surface area contributed by atoms with Crippen molar-refractivity contribution in [2.75, 3.05) is 51.1 Å². The van der Waals surface area contributed by atoms with Crippen molar-refractivity contribution in [2.24, 2.45) is 0 Å². The molecule has 3 rings (SSSR count). The summed E-state index contributed by atoms with van der Waals surface area (Å²) in [6, 6.07) is 8.81. The second-order valence-electron chi connectivity index (χ2n) is 6.56. The molecular weight excluding hydrogens is 288 g/mol. The number of piperazine rings is 1. The van der Waals surface area contributed by atoms with Crippen LogP contribution < -0.4 is 10.6 Å². The highest BCUT2D eigenvalue weighted by molar-refractivity contribution is 5.92. The highest BCUT2D eigenvalue weighted by Crippen LogP contribution is 2.13. The van der Waals surface area contributed by atoms with E-state index in [4.69, 9.17) is 0 Å². The van der Waals surface area contributed by atoms with Gasteiger partial charge in [-0.25, -0.2) is 0 Å². The largest absolute Gasteiger partial charge is 0.325 e. The Morgan fingerprint density at radius 2 is 2.13 bits per heavy atom. The molecule has 1 aromatic rings. The normalized spacial score (nSPS) is 23.1. The molecule has 0 aliphatic carbocycles. The van der Waals surface area contributed by atoms with Crippen molar-refractivity contribution in [1.29, 1.82) is 0 Å². The van der Waals surface area contributed by atoms with Crippen molar-refractivity contribution >= 4 is 11.6 Å². The molecule has 2 N–H and O–H groups in total. The van der Waals surface area contributed by atoms with Crippen LogP contribution in [0.15, 0.2) is 24.3 Å². The molecule has 2 heterocycles. The lowest BCUT2D eigenvalue weighted by Gasteiger charge is -2.37. The van der Waals surface area contributed by atoms with Gasteiger partial charge in [0.1, 0.15) is 0 Å². The van der Waals surface area contributed by atoms with Crippen LogP contribution in [-0.4, -0.2) is 67.6 Å². The van der Waals surface area contributed by atoms with Crippen molar-refractivity contribution in [2.45, 2.75) is 25.8 Å². The smallest absolute Gasteiger partial charge is 0.238 e. The van der Waals surface area contributed by atoms with Gasteiger partial charge in [-0.3, -0.25) is 14.6 Å².